The number of hydrogen-bond acceptors (Lipinski definition) is 4. The van der Waals surface area contributed by atoms with Crippen LogP contribution in [0.3, 0.4) is 0 Å². The molecule has 3 aromatic rings. The topological polar surface area (TPSA) is 105 Å². The minimum Gasteiger partial charge on any atom is -0.481 e. The number of carbonyl (C=O) groups is 3. The van der Waals surface area contributed by atoms with E-state index < -0.39 is 24.0 Å². The molecule has 2 amide bonds. The average molecular weight is 459 g/mol. The van der Waals surface area contributed by atoms with Gasteiger partial charge in [0.1, 0.15) is 12.6 Å². The number of nitrogens with one attached hydrogen (secondary N) is 2. The highest BCUT2D eigenvalue weighted by Crippen LogP contribution is 2.44. The van der Waals surface area contributed by atoms with Crippen LogP contribution in [0, 0.1) is 0 Å². The number of anilines is 1. The zero-order chi connectivity index (χ0) is 24.1. The lowest BCUT2D eigenvalue weighted by Crippen LogP contribution is -2.42. The summed E-state index contributed by atoms with van der Waals surface area (Å²) in [5.74, 6) is -1.34. The fourth-order valence-corrected chi connectivity index (χ4v) is 4.19. The quantitative estimate of drug-likeness (QED) is 0.459. The highest BCUT2D eigenvalue weighted by atomic mass is 16.5. The van der Waals surface area contributed by atoms with E-state index in [1.807, 2.05) is 36.4 Å². The van der Waals surface area contributed by atoms with E-state index in [-0.39, 0.29) is 18.9 Å². The zero-order valence-corrected chi connectivity index (χ0v) is 18.8. The maximum absolute atomic E-state index is 12.5. The van der Waals surface area contributed by atoms with E-state index in [1.54, 1.807) is 31.2 Å². The molecule has 1 atom stereocenters. The summed E-state index contributed by atoms with van der Waals surface area (Å²) in [6.45, 7) is 1.74. The van der Waals surface area contributed by atoms with Gasteiger partial charge in [-0.25, -0.2) is 4.79 Å². The fourth-order valence-electron chi connectivity index (χ4n) is 4.19. The number of aryl methyl sites for hydroxylation is 1. The second-order valence-electron chi connectivity index (χ2n) is 8.27. The molecule has 1 aliphatic carbocycles. The van der Waals surface area contributed by atoms with Gasteiger partial charge in [0.05, 0.1) is 0 Å². The SMILES string of the molecule is C[C@@H](NC(=O)OCC1c2ccccc2-c2ccccc21)C(=O)Nc1cccc(CCC(=O)O)c1. The summed E-state index contributed by atoms with van der Waals surface area (Å²) in [5.41, 5.74) is 5.86. The molecule has 7 nitrogen and oxygen atoms in total. The molecule has 4 rings (SSSR count). The number of aliphatic carboxylic acids is 1. The summed E-state index contributed by atoms with van der Waals surface area (Å²) in [6, 6.07) is 22.3. The Kier molecular flexibility index (Phi) is 6.92. The molecule has 0 aromatic heterocycles. The molecular weight excluding hydrogens is 432 g/mol. The minimum absolute atomic E-state index is 0.0111. The molecular formula is C27H26N2O5. The molecule has 0 spiro atoms. The van der Waals surface area contributed by atoms with Gasteiger partial charge in [-0.3, -0.25) is 9.59 Å². The maximum Gasteiger partial charge on any atom is 0.407 e. The van der Waals surface area contributed by atoms with Gasteiger partial charge in [-0.15, -0.1) is 0 Å². The summed E-state index contributed by atoms with van der Waals surface area (Å²) in [4.78, 5) is 35.7. The van der Waals surface area contributed by atoms with Crippen LogP contribution >= 0.6 is 0 Å². The standard InChI is InChI=1S/C27H26N2O5/c1-17(26(32)29-19-8-6-7-18(15-19)13-14-25(30)31)28-27(33)34-16-24-22-11-4-2-9-20(22)21-10-3-5-12-23(21)24/h2-12,15,17,24H,13-14,16H2,1H3,(H,28,33)(H,29,32)(H,30,31)/t17-/m1/s1. The normalized spacial score (nSPS) is 12.9. The number of carboxylic acid groups (broad SMARTS) is 1. The summed E-state index contributed by atoms with van der Waals surface area (Å²) >= 11 is 0. The second-order valence-corrected chi connectivity index (χ2v) is 8.27. The van der Waals surface area contributed by atoms with Gasteiger partial charge in [0.15, 0.2) is 0 Å². The van der Waals surface area contributed by atoms with E-state index in [0.29, 0.717) is 12.1 Å². The van der Waals surface area contributed by atoms with Crippen molar-refractivity contribution in [1.29, 1.82) is 0 Å². The lowest BCUT2D eigenvalue weighted by molar-refractivity contribution is -0.137. The molecule has 3 N–H and O–H groups in total. The van der Waals surface area contributed by atoms with Crippen LogP contribution in [0.15, 0.2) is 72.8 Å². The van der Waals surface area contributed by atoms with Crippen molar-refractivity contribution in [3.63, 3.8) is 0 Å². The van der Waals surface area contributed by atoms with Crippen molar-refractivity contribution < 1.29 is 24.2 Å². The number of hydrogen-bond donors (Lipinski definition) is 3. The number of rotatable bonds is 8. The Bertz CT molecular complexity index is 1180. The predicted octanol–water partition coefficient (Wildman–Crippen LogP) is 4.57. The molecule has 0 heterocycles. The van der Waals surface area contributed by atoms with Crippen molar-refractivity contribution in [2.24, 2.45) is 0 Å². The summed E-state index contributed by atoms with van der Waals surface area (Å²) < 4.78 is 5.50. The van der Waals surface area contributed by atoms with Crippen LogP contribution < -0.4 is 10.6 Å². The molecule has 0 bridgehead atoms. The molecule has 174 valence electrons. The maximum atomic E-state index is 12.5. The number of carboxylic acids is 1. The van der Waals surface area contributed by atoms with Gasteiger partial charge in [-0.05, 0) is 53.3 Å². The first-order valence-corrected chi connectivity index (χ1v) is 11.2. The van der Waals surface area contributed by atoms with Gasteiger partial charge >= 0.3 is 12.1 Å². The van der Waals surface area contributed by atoms with Gasteiger partial charge in [-0.2, -0.15) is 0 Å². The molecule has 34 heavy (non-hydrogen) atoms. The Morgan fingerprint density at radius 3 is 2.24 bits per heavy atom. The molecule has 7 heteroatoms. The Balaban J connectivity index is 1.32. The van der Waals surface area contributed by atoms with Crippen LogP contribution in [0.2, 0.25) is 0 Å². The molecule has 0 saturated carbocycles. The molecule has 0 aliphatic heterocycles. The first-order valence-electron chi connectivity index (χ1n) is 11.2. The van der Waals surface area contributed by atoms with Gasteiger partial charge < -0.3 is 20.5 Å². The Morgan fingerprint density at radius 2 is 1.59 bits per heavy atom. The molecule has 0 fully saturated rings. The summed E-state index contributed by atoms with van der Waals surface area (Å²) in [7, 11) is 0. The Labute approximate surface area is 197 Å². The van der Waals surface area contributed by atoms with Crippen LogP contribution in [-0.2, 0) is 20.7 Å². The second kappa shape index (κ2) is 10.2. The van der Waals surface area contributed by atoms with Crippen molar-refractivity contribution in [2.45, 2.75) is 31.7 Å². The highest BCUT2D eigenvalue weighted by Gasteiger charge is 2.29. The molecule has 0 saturated heterocycles. The Morgan fingerprint density at radius 1 is 0.941 bits per heavy atom. The number of fused-ring (bicyclic) bond motifs is 3. The van der Waals surface area contributed by atoms with Crippen LogP contribution in [0.4, 0.5) is 10.5 Å². The monoisotopic (exact) mass is 458 g/mol. The number of ether oxygens (including phenoxy) is 1. The van der Waals surface area contributed by atoms with Crippen LogP contribution in [0.5, 0.6) is 0 Å². The molecule has 1 aliphatic rings. The fraction of sp³-hybridized carbons (Fsp3) is 0.222. The third-order valence-corrected chi connectivity index (χ3v) is 5.89. The van der Waals surface area contributed by atoms with Crippen LogP contribution in [-0.4, -0.2) is 35.7 Å². The first kappa shape index (κ1) is 23.0. The average Bonchev–Trinajstić information content (AvgIpc) is 3.15. The first-order chi connectivity index (χ1) is 16.4. The van der Waals surface area contributed by atoms with Crippen LogP contribution in [0.25, 0.3) is 11.1 Å². The zero-order valence-electron chi connectivity index (χ0n) is 18.8. The lowest BCUT2D eigenvalue weighted by atomic mass is 9.98. The predicted molar refractivity (Wildman–Crippen MR) is 129 cm³/mol. The summed E-state index contributed by atoms with van der Waals surface area (Å²) in [5, 5.41) is 14.2. The molecule has 0 radical (unpaired) electrons. The highest BCUT2D eigenvalue weighted by molar-refractivity contribution is 5.96. The lowest BCUT2D eigenvalue weighted by Gasteiger charge is -2.17. The summed E-state index contributed by atoms with van der Waals surface area (Å²) in [6.07, 6.45) is -0.288. The number of carbonyl (C=O) groups excluding carboxylic acids is 2. The van der Waals surface area contributed by atoms with Gasteiger partial charge in [0, 0.05) is 18.0 Å². The third kappa shape index (κ3) is 5.26. The van der Waals surface area contributed by atoms with E-state index >= 15 is 0 Å². The van der Waals surface area contributed by atoms with Gasteiger partial charge in [0.25, 0.3) is 0 Å². The van der Waals surface area contributed by atoms with E-state index in [4.69, 9.17) is 9.84 Å². The van der Waals surface area contributed by atoms with E-state index in [1.165, 1.54) is 0 Å². The van der Waals surface area contributed by atoms with Crippen molar-refractivity contribution in [2.75, 3.05) is 11.9 Å². The Hall–Kier alpha value is -4.13. The third-order valence-electron chi connectivity index (χ3n) is 5.89. The van der Waals surface area contributed by atoms with E-state index in [0.717, 1.165) is 27.8 Å². The van der Waals surface area contributed by atoms with Crippen molar-refractivity contribution in [3.8, 4) is 11.1 Å². The van der Waals surface area contributed by atoms with E-state index in [9.17, 15) is 14.4 Å². The van der Waals surface area contributed by atoms with Crippen molar-refractivity contribution in [3.05, 3.63) is 89.5 Å². The molecule has 0 unspecified atom stereocenters. The smallest absolute Gasteiger partial charge is 0.407 e. The number of alkyl carbamates (subject to hydrolysis) is 1. The van der Waals surface area contributed by atoms with Gasteiger partial charge in [0.2, 0.25) is 5.91 Å². The van der Waals surface area contributed by atoms with Crippen LogP contribution in [0.1, 0.15) is 36.0 Å². The number of amides is 2. The van der Waals surface area contributed by atoms with Gasteiger partial charge in [-0.1, -0.05) is 60.7 Å². The largest absolute Gasteiger partial charge is 0.481 e. The number of benzene rings is 3. The molecule has 3 aromatic carbocycles. The minimum atomic E-state index is -0.879. The van der Waals surface area contributed by atoms with E-state index in [2.05, 4.69) is 22.8 Å². The van der Waals surface area contributed by atoms with Crippen molar-refractivity contribution >= 4 is 23.7 Å². The van der Waals surface area contributed by atoms with Crippen molar-refractivity contribution in [1.82, 2.24) is 5.32 Å².